The van der Waals surface area contributed by atoms with Crippen LogP contribution in [0.3, 0.4) is 0 Å². The summed E-state index contributed by atoms with van der Waals surface area (Å²) in [5.74, 6) is 1.47. The Labute approximate surface area is 108 Å². The van der Waals surface area contributed by atoms with E-state index in [-0.39, 0.29) is 5.97 Å². The van der Waals surface area contributed by atoms with Gasteiger partial charge in [-0.15, -0.1) is 0 Å². The minimum absolute atomic E-state index is 0.361. The van der Waals surface area contributed by atoms with E-state index < -0.39 is 0 Å². The fraction of sp³-hybridized carbons (Fsp3) is 0.500. The van der Waals surface area contributed by atoms with Crippen molar-refractivity contribution in [2.45, 2.75) is 33.1 Å². The molecule has 4 heteroatoms. The molecule has 0 spiro atoms. The predicted molar refractivity (Wildman–Crippen MR) is 69.5 cm³/mol. The molecule has 0 N–H and O–H groups in total. The second-order valence-electron chi connectivity index (χ2n) is 4.00. The standard InChI is InChI=1S/C14H20O4/c1-5-6-7-12-13(16-3)8-11(18-10(2)15)9-14(12)17-4/h8-9H,5-7H2,1-4H3. The number of methoxy groups -OCH3 is 2. The van der Waals surface area contributed by atoms with Crippen LogP contribution in [0.4, 0.5) is 0 Å². The summed E-state index contributed by atoms with van der Waals surface area (Å²) >= 11 is 0. The molecule has 0 aliphatic heterocycles. The monoisotopic (exact) mass is 252 g/mol. The number of benzene rings is 1. The van der Waals surface area contributed by atoms with Crippen molar-refractivity contribution in [3.63, 3.8) is 0 Å². The number of rotatable bonds is 6. The van der Waals surface area contributed by atoms with Crippen molar-refractivity contribution in [1.82, 2.24) is 0 Å². The van der Waals surface area contributed by atoms with Crippen LogP contribution in [0.25, 0.3) is 0 Å². The van der Waals surface area contributed by atoms with Gasteiger partial charge in [0.2, 0.25) is 0 Å². The molecule has 0 saturated carbocycles. The summed E-state index contributed by atoms with van der Waals surface area (Å²) in [7, 11) is 3.20. The Bertz CT molecular complexity index is 387. The highest BCUT2D eigenvalue weighted by atomic mass is 16.5. The predicted octanol–water partition coefficient (Wildman–Crippen LogP) is 2.97. The molecular weight excluding hydrogens is 232 g/mol. The molecule has 0 atom stereocenters. The molecule has 1 aromatic carbocycles. The van der Waals surface area contributed by atoms with Crippen LogP contribution in [0.5, 0.6) is 17.2 Å². The summed E-state index contributed by atoms with van der Waals surface area (Å²) in [6.07, 6.45) is 3.03. The van der Waals surface area contributed by atoms with E-state index in [9.17, 15) is 4.79 Å². The Morgan fingerprint density at radius 1 is 1.17 bits per heavy atom. The Balaban J connectivity index is 3.11. The van der Waals surface area contributed by atoms with Gasteiger partial charge in [-0.3, -0.25) is 4.79 Å². The van der Waals surface area contributed by atoms with Crippen molar-refractivity contribution in [3.8, 4) is 17.2 Å². The van der Waals surface area contributed by atoms with Gasteiger partial charge in [-0.05, 0) is 12.8 Å². The maximum Gasteiger partial charge on any atom is 0.308 e. The maximum atomic E-state index is 11.0. The van der Waals surface area contributed by atoms with E-state index in [0.29, 0.717) is 17.2 Å². The average Bonchev–Trinajstić information content (AvgIpc) is 2.35. The quantitative estimate of drug-likeness (QED) is 0.576. The molecule has 0 aliphatic rings. The Hall–Kier alpha value is -1.71. The molecule has 0 amide bonds. The van der Waals surface area contributed by atoms with Crippen LogP contribution < -0.4 is 14.2 Å². The van der Waals surface area contributed by atoms with E-state index in [2.05, 4.69) is 6.92 Å². The molecule has 0 bridgehead atoms. The van der Waals surface area contributed by atoms with Gasteiger partial charge < -0.3 is 14.2 Å². The molecule has 0 heterocycles. The molecule has 100 valence electrons. The van der Waals surface area contributed by atoms with Crippen LogP contribution in [0.2, 0.25) is 0 Å². The summed E-state index contributed by atoms with van der Waals surface area (Å²) in [4.78, 5) is 11.0. The molecule has 0 saturated heterocycles. The van der Waals surface area contributed by atoms with Gasteiger partial charge in [0.1, 0.15) is 17.2 Å². The number of carbonyl (C=O) groups is 1. The summed E-state index contributed by atoms with van der Waals surface area (Å²) in [6.45, 7) is 3.50. The van der Waals surface area contributed by atoms with E-state index >= 15 is 0 Å². The largest absolute Gasteiger partial charge is 0.496 e. The number of hydrogen-bond donors (Lipinski definition) is 0. The smallest absolute Gasteiger partial charge is 0.308 e. The van der Waals surface area contributed by atoms with Gasteiger partial charge >= 0.3 is 5.97 Å². The van der Waals surface area contributed by atoms with Crippen LogP contribution in [-0.2, 0) is 11.2 Å². The van der Waals surface area contributed by atoms with Crippen LogP contribution in [0.1, 0.15) is 32.3 Å². The average molecular weight is 252 g/mol. The van der Waals surface area contributed by atoms with Gasteiger partial charge in [-0.25, -0.2) is 0 Å². The van der Waals surface area contributed by atoms with Crippen molar-refractivity contribution < 1.29 is 19.0 Å². The minimum Gasteiger partial charge on any atom is -0.496 e. The van der Waals surface area contributed by atoms with Crippen molar-refractivity contribution in [1.29, 1.82) is 0 Å². The molecule has 1 aromatic rings. The Kier molecular flexibility index (Phi) is 5.49. The van der Waals surface area contributed by atoms with Crippen molar-refractivity contribution in [2.24, 2.45) is 0 Å². The second-order valence-corrected chi connectivity index (χ2v) is 4.00. The van der Waals surface area contributed by atoms with E-state index in [4.69, 9.17) is 14.2 Å². The normalized spacial score (nSPS) is 10.0. The third-order valence-electron chi connectivity index (χ3n) is 2.62. The number of carbonyl (C=O) groups excluding carboxylic acids is 1. The number of hydrogen-bond acceptors (Lipinski definition) is 4. The van der Waals surface area contributed by atoms with E-state index in [1.807, 2.05) is 0 Å². The highest BCUT2D eigenvalue weighted by Gasteiger charge is 2.13. The van der Waals surface area contributed by atoms with Crippen LogP contribution in [0.15, 0.2) is 12.1 Å². The Morgan fingerprint density at radius 3 is 2.11 bits per heavy atom. The topological polar surface area (TPSA) is 44.8 Å². The lowest BCUT2D eigenvalue weighted by Crippen LogP contribution is -2.04. The first kappa shape index (κ1) is 14.4. The zero-order valence-corrected chi connectivity index (χ0v) is 11.4. The lowest BCUT2D eigenvalue weighted by Gasteiger charge is -2.14. The molecule has 0 aliphatic carbocycles. The maximum absolute atomic E-state index is 11.0. The van der Waals surface area contributed by atoms with Crippen LogP contribution >= 0.6 is 0 Å². The van der Waals surface area contributed by atoms with E-state index in [1.54, 1.807) is 26.4 Å². The minimum atomic E-state index is -0.361. The third kappa shape index (κ3) is 3.65. The van der Waals surface area contributed by atoms with Gasteiger partial charge in [0.05, 0.1) is 14.2 Å². The SMILES string of the molecule is CCCCc1c(OC)cc(OC(C)=O)cc1OC. The fourth-order valence-corrected chi connectivity index (χ4v) is 1.78. The summed E-state index contributed by atoms with van der Waals surface area (Å²) in [6, 6.07) is 3.43. The van der Waals surface area contributed by atoms with Gasteiger partial charge in [0, 0.05) is 24.6 Å². The van der Waals surface area contributed by atoms with Gasteiger partial charge in [0.15, 0.2) is 0 Å². The van der Waals surface area contributed by atoms with Gasteiger partial charge in [-0.1, -0.05) is 13.3 Å². The Morgan fingerprint density at radius 2 is 1.72 bits per heavy atom. The molecule has 0 fully saturated rings. The molecule has 0 radical (unpaired) electrons. The first-order valence-corrected chi connectivity index (χ1v) is 6.05. The molecule has 4 nitrogen and oxygen atoms in total. The highest BCUT2D eigenvalue weighted by Crippen LogP contribution is 2.35. The summed E-state index contributed by atoms with van der Waals surface area (Å²) in [5.41, 5.74) is 1.01. The number of esters is 1. The zero-order valence-electron chi connectivity index (χ0n) is 11.4. The molecule has 0 unspecified atom stereocenters. The van der Waals surface area contributed by atoms with Gasteiger partial charge in [-0.2, -0.15) is 0 Å². The number of ether oxygens (including phenoxy) is 3. The summed E-state index contributed by atoms with van der Waals surface area (Å²) in [5, 5.41) is 0. The van der Waals surface area contributed by atoms with Gasteiger partial charge in [0.25, 0.3) is 0 Å². The number of unbranched alkanes of at least 4 members (excludes halogenated alkanes) is 1. The molecule has 18 heavy (non-hydrogen) atoms. The summed E-state index contributed by atoms with van der Waals surface area (Å²) < 4.78 is 15.7. The third-order valence-corrected chi connectivity index (χ3v) is 2.62. The fourth-order valence-electron chi connectivity index (χ4n) is 1.78. The molecule has 0 aromatic heterocycles. The first-order valence-electron chi connectivity index (χ1n) is 6.05. The molecular formula is C14H20O4. The van der Waals surface area contributed by atoms with Crippen LogP contribution in [0, 0.1) is 0 Å². The van der Waals surface area contributed by atoms with Crippen molar-refractivity contribution in [2.75, 3.05) is 14.2 Å². The van der Waals surface area contributed by atoms with Crippen molar-refractivity contribution in [3.05, 3.63) is 17.7 Å². The lowest BCUT2D eigenvalue weighted by atomic mass is 10.1. The van der Waals surface area contributed by atoms with E-state index in [0.717, 1.165) is 24.8 Å². The first-order chi connectivity index (χ1) is 8.62. The second kappa shape index (κ2) is 6.89. The van der Waals surface area contributed by atoms with Crippen LogP contribution in [-0.4, -0.2) is 20.2 Å². The molecule has 1 rings (SSSR count). The van der Waals surface area contributed by atoms with E-state index in [1.165, 1.54) is 6.92 Å². The lowest BCUT2D eigenvalue weighted by molar-refractivity contribution is -0.131. The highest BCUT2D eigenvalue weighted by molar-refractivity contribution is 5.70. The zero-order chi connectivity index (χ0) is 13.5. The van der Waals surface area contributed by atoms with Crippen molar-refractivity contribution >= 4 is 5.97 Å².